The monoisotopic (exact) mass is 746 g/mol. The largest absolute Gasteiger partial charge is 0.478 e. The zero-order valence-corrected chi connectivity index (χ0v) is 30.3. The third-order valence-electron chi connectivity index (χ3n) is 9.05. The number of aromatic carboxylic acids is 1. The Labute approximate surface area is 317 Å². The fourth-order valence-electron chi connectivity index (χ4n) is 6.15. The minimum absolute atomic E-state index is 0.0547. The fraction of sp³-hybridized carbons (Fsp3) is 0.238. The van der Waals surface area contributed by atoms with E-state index in [-0.39, 0.29) is 49.0 Å². The molecule has 1 aliphatic rings. The van der Waals surface area contributed by atoms with Crippen LogP contribution in [0.2, 0.25) is 0 Å². The maximum atomic E-state index is 12.7. The van der Waals surface area contributed by atoms with Crippen molar-refractivity contribution in [3.05, 3.63) is 143 Å². The lowest BCUT2D eigenvalue weighted by atomic mass is 9.97. The number of pyridine rings is 1. The van der Waals surface area contributed by atoms with Crippen LogP contribution in [0.1, 0.15) is 70.7 Å². The van der Waals surface area contributed by atoms with E-state index in [1.165, 1.54) is 17.8 Å². The number of hydrogen-bond acceptors (Lipinski definition) is 9. The Balaban J connectivity index is 1.09. The number of hydrogen-bond donors (Lipinski definition) is 5. The van der Waals surface area contributed by atoms with Crippen LogP contribution in [0.4, 0.5) is 11.4 Å². The van der Waals surface area contributed by atoms with Crippen molar-refractivity contribution < 1.29 is 34.1 Å². The van der Waals surface area contributed by atoms with Crippen molar-refractivity contribution in [3.8, 4) is 11.1 Å². The quantitative estimate of drug-likeness (QED) is 0.0541. The second-order valence-electron chi connectivity index (χ2n) is 12.9. The normalized spacial score (nSPS) is 16.7. The van der Waals surface area contributed by atoms with E-state index in [2.05, 4.69) is 15.6 Å². The summed E-state index contributed by atoms with van der Waals surface area (Å²) in [5, 5.41) is 25.4. The molecule has 278 valence electrons. The number of aromatic nitrogens is 1. The summed E-state index contributed by atoms with van der Waals surface area (Å²) in [4.78, 5) is 41.1. The molecule has 4 aromatic carbocycles. The van der Waals surface area contributed by atoms with Gasteiger partial charge in [-0.15, -0.1) is 11.8 Å². The molecule has 1 saturated heterocycles. The van der Waals surface area contributed by atoms with Crippen molar-refractivity contribution in [2.45, 2.75) is 62.4 Å². The highest BCUT2D eigenvalue weighted by Crippen LogP contribution is 2.40. The Kier molecular flexibility index (Phi) is 13.1. The van der Waals surface area contributed by atoms with Crippen LogP contribution < -0.4 is 16.4 Å². The molecule has 3 atom stereocenters. The number of anilines is 2. The maximum Gasteiger partial charge on any atom is 0.338 e. The molecular formula is C42H42N4O7S. The molecule has 6 rings (SSSR count). The Bertz CT molecular complexity index is 2060. The lowest BCUT2D eigenvalue weighted by Crippen LogP contribution is -2.31. The van der Waals surface area contributed by atoms with Gasteiger partial charge in [0.1, 0.15) is 5.03 Å². The molecule has 0 aliphatic carbocycles. The highest BCUT2D eigenvalue weighted by Gasteiger charge is 2.32. The number of carboxylic acid groups (broad SMARTS) is 1. The van der Waals surface area contributed by atoms with Crippen molar-refractivity contribution in [1.82, 2.24) is 10.3 Å². The highest BCUT2D eigenvalue weighted by atomic mass is 32.2. The van der Waals surface area contributed by atoms with Crippen molar-refractivity contribution in [3.63, 3.8) is 0 Å². The van der Waals surface area contributed by atoms with Gasteiger partial charge in [-0.3, -0.25) is 9.59 Å². The summed E-state index contributed by atoms with van der Waals surface area (Å²) in [6, 6.07) is 33.6. The summed E-state index contributed by atoms with van der Waals surface area (Å²) < 4.78 is 13.0. The second-order valence-corrected chi connectivity index (χ2v) is 13.9. The molecule has 0 saturated carbocycles. The van der Waals surface area contributed by atoms with E-state index in [4.69, 9.17) is 15.2 Å². The standard InChI is InChI=1S/C42H42N4O7S/c43-35-10-3-4-11-36(35)46-39(49)13-5-12-38(48)45-24-31-7-1-2-8-33(31)28-18-20-30(21-19-28)42-52-32(26-54-40-34(41(50)51)9-6-22-44-40)23-37(53-42)29-16-14-27(25-47)15-17-29/h1-4,6-11,14-22,32,37,42,47H,5,12-13,23-26,43H2,(H,45,48)(H,46,49)(H,50,51)/t32-,37+,42+/m1/s1. The predicted molar refractivity (Wildman–Crippen MR) is 207 cm³/mol. The number of carbonyl (C=O) groups excluding carboxylic acids is 2. The van der Waals surface area contributed by atoms with Crippen LogP contribution >= 0.6 is 11.8 Å². The van der Waals surface area contributed by atoms with Gasteiger partial charge < -0.3 is 36.1 Å². The fourth-order valence-corrected chi connectivity index (χ4v) is 7.16. The van der Waals surface area contributed by atoms with Crippen LogP contribution in [0.5, 0.6) is 0 Å². The average Bonchev–Trinajstić information content (AvgIpc) is 3.20. The number of nitrogens with two attached hydrogens (primary N) is 1. The van der Waals surface area contributed by atoms with Gasteiger partial charge in [-0.05, 0) is 58.5 Å². The second kappa shape index (κ2) is 18.5. The SMILES string of the molecule is Nc1ccccc1NC(=O)CCCC(=O)NCc1ccccc1-c1ccc([C@H]2O[C@@H](CSc3ncccc3C(=O)O)C[C@@H](c3ccc(CO)cc3)O2)cc1. The van der Waals surface area contributed by atoms with Gasteiger partial charge >= 0.3 is 5.97 Å². The van der Waals surface area contributed by atoms with Gasteiger partial charge in [0.15, 0.2) is 6.29 Å². The first-order valence-electron chi connectivity index (χ1n) is 17.7. The minimum atomic E-state index is -1.03. The molecule has 11 nitrogen and oxygen atoms in total. The van der Waals surface area contributed by atoms with E-state index >= 15 is 0 Å². The predicted octanol–water partition coefficient (Wildman–Crippen LogP) is 7.28. The number of para-hydroxylation sites is 2. The molecule has 1 aliphatic heterocycles. The van der Waals surface area contributed by atoms with Crippen molar-refractivity contribution in [1.29, 1.82) is 0 Å². The summed E-state index contributed by atoms with van der Waals surface area (Å²) in [6.45, 7) is 0.273. The summed E-state index contributed by atoms with van der Waals surface area (Å²) >= 11 is 1.34. The van der Waals surface area contributed by atoms with E-state index in [0.29, 0.717) is 41.5 Å². The molecular weight excluding hydrogens is 705 g/mol. The number of thioether (sulfide) groups is 1. The lowest BCUT2D eigenvalue weighted by molar-refractivity contribution is -0.245. The van der Waals surface area contributed by atoms with Crippen LogP contribution in [0.15, 0.2) is 120 Å². The number of nitrogen functional groups attached to an aromatic ring is 1. The van der Waals surface area contributed by atoms with Gasteiger partial charge in [-0.2, -0.15) is 0 Å². The van der Waals surface area contributed by atoms with Crippen LogP contribution in [0.3, 0.4) is 0 Å². The number of carboxylic acids is 1. The molecule has 54 heavy (non-hydrogen) atoms. The summed E-state index contributed by atoms with van der Waals surface area (Å²) in [5.41, 5.74) is 12.5. The number of benzene rings is 4. The van der Waals surface area contributed by atoms with Crippen molar-refractivity contribution in [2.75, 3.05) is 16.8 Å². The summed E-state index contributed by atoms with van der Waals surface area (Å²) in [5.74, 6) is -0.905. The summed E-state index contributed by atoms with van der Waals surface area (Å²) in [7, 11) is 0. The van der Waals surface area contributed by atoms with Gasteiger partial charge in [-0.25, -0.2) is 9.78 Å². The lowest BCUT2D eigenvalue weighted by Gasteiger charge is -2.36. The molecule has 1 aromatic heterocycles. The van der Waals surface area contributed by atoms with Gasteiger partial charge in [0, 0.05) is 43.3 Å². The summed E-state index contributed by atoms with van der Waals surface area (Å²) in [6.07, 6.45) is 1.67. The molecule has 0 bridgehead atoms. The Morgan fingerprint density at radius 2 is 1.56 bits per heavy atom. The Hall–Kier alpha value is -5.53. The number of nitrogens with zero attached hydrogens (tertiary/aromatic N) is 1. The van der Waals surface area contributed by atoms with Crippen molar-refractivity contribution in [2.24, 2.45) is 0 Å². The molecule has 0 radical (unpaired) electrons. The Morgan fingerprint density at radius 1 is 0.833 bits per heavy atom. The molecule has 1 fully saturated rings. The zero-order chi connectivity index (χ0) is 37.9. The first kappa shape index (κ1) is 38.2. The first-order valence-corrected chi connectivity index (χ1v) is 18.7. The number of rotatable bonds is 15. The third kappa shape index (κ3) is 10.1. The van der Waals surface area contributed by atoms with Gasteiger partial charge in [0.05, 0.1) is 35.8 Å². The van der Waals surface area contributed by atoms with Gasteiger partial charge in [-0.1, -0.05) is 84.9 Å². The number of ether oxygens (including phenoxy) is 2. The van der Waals surface area contributed by atoms with E-state index in [9.17, 15) is 24.6 Å². The number of aliphatic hydroxyl groups excluding tert-OH is 1. The van der Waals surface area contributed by atoms with E-state index < -0.39 is 12.3 Å². The van der Waals surface area contributed by atoms with E-state index in [0.717, 1.165) is 33.4 Å². The number of amides is 2. The molecule has 2 heterocycles. The Morgan fingerprint density at radius 3 is 2.31 bits per heavy atom. The highest BCUT2D eigenvalue weighted by molar-refractivity contribution is 7.99. The number of aliphatic hydroxyl groups is 1. The van der Waals surface area contributed by atoms with Gasteiger partial charge in [0.25, 0.3) is 0 Å². The van der Waals surface area contributed by atoms with Crippen LogP contribution in [-0.2, 0) is 32.2 Å². The zero-order valence-electron chi connectivity index (χ0n) is 29.5. The van der Waals surface area contributed by atoms with E-state index in [1.54, 1.807) is 36.5 Å². The molecule has 2 amide bonds. The number of nitrogens with one attached hydrogen (secondary N) is 2. The van der Waals surface area contributed by atoms with Crippen LogP contribution in [-0.4, -0.2) is 44.8 Å². The topological polar surface area (TPSA) is 173 Å². The van der Waals surface area contributed by atoms with Gasteiger partial charge in [0.2, 0.25) is 11.8 Å². The van der Waals surface area contributed by atoms with E-state index in [1.807, 2.05) is 72.8 Å². The average molecular weight is 747 g/mol. The smallest absolute Gasteiger partial charge is 0.338 e. The van der Waals surface area contributed by atoms with Crippen LogP contribution in [0.25, 0.3) is 11.1 Å². The molecule has 5 aromatic rings. The molecule has 0 unspecified atom stereocenters. The maximum absolute atomic E-state index is 12.7. The van der Waals surface area contributed by atoms with Crippen molar-refractivity contribution >= 4 is 40.9 Å². The molecule has 0 spiro atoms. The van der Waals surface area contributed by atoms with Crippen LogP contribution in [0, 0.1) is 0 Å². The third-order valence-corrected chi connectivity index (χ3v) is 10.2. The minimum Gasteiger partial charge on any atom is -0.478 e. The number of carbonyl (C=O) groups is 3. The first-order chi connectivity index (χ1) is 26.3. The molecule has 12 heteroatoms. The molecule has 6 N–H and O–H groups in total.